The lowest BCUT2D eigenvalue weighted by Crippen LogP contribution is -2.55. The highest BCUT2D eigenvalue weighted by atomic mass is 16.2. The summed E-state index contributed by atoms with van der Waals surface area (Å²) in [6.45, 7) is 10.8. The van der Waals surface area contributed by atoms with Crippen molar-refractivity contribution >= 4 is 5.91 Å². The molecular weight excluding hydrogens is 238 g/mol. The smallest absolute Gasteiger partial charge is 0.227 e. The molecule has 0 aliphatic carbocycles. The third kappa shape index (κ3) is 4.46. The molecule has 0 saturated carbocycles. The second-order valence-electron chi connectivity index (χ2n) is 7.14. The van der Waals surface area contributed by atoms with E-state index in [2.05, 4.69) is 17.3 Å². The van der Waals surface area contributed by atoms with Gasteiger partial charge >= 0.3 is 0 Å². The summed E-state index contributed by atoms with van der Waals surface area (Å²) in [6.07, 6.45) is 3.58. The second kappa shape index (κ2) is 6.23. The van der Waals surface area contributed by atoms with Crippen LogP contribution in [-0.4, -0.2) is 43.0 Å². The minimum absolute atomic E-state index is 0.0629. The van der Waals surface area contributed by atoms with Crippen LogP contribution in [0.15, 0.2) is 0 Å². The van der Waals surface area contributed by atoms with Gasteiger partial charge in [-0.1, -0.05) is 0 Å². The monoisotopic (exact) mass is 269 g/mol. The molecule has 1 rings (SSSR count). The van der Waals surface area contributed by atoms with E-state index in [1.54, 1.807) is 0 Å². The normalized spacial score (nSPS) is 19.5. The highest BCUT2D eigenvalue weighted by Gasteiger charge is 2.40. The second-order valence-corrected chi connectivity index (χ2v) is 7.14. The predicted molar refractivity (Wildman–Crippen MR) is 79.9 cm³/mol. The summed E-state index contributed by atoms with van der Waals surface area (Å²) < 4.78 is 0. The lowest BCUT2D eigenvalue weighted by molar-refractivity contribution is -0.132. The average Bonchev–Trinajstić information content (AvgIpc) is 2.30. The number of hydrogen-bond acceptors (Lipinski definition) is 3. The van der Waals surface area contributed by atoms with Gasteiger partial charge in [0.25, 0.3) is 0 Å². The molecule has 19 heavy (non-hydrogen) atoms. The molecule has 4 nitrogen and oxygen atoms in total. The van der Waals surface area contributed by atoms with Gasteiger partial charge in [-0.25, -0.2) is 0 Å². The Balaban J connectivity index is 2.31. The topological polar surface area (TPSA) is 58.4 Å². The summed E-state index contributed by atoms with van der Waals surface area (Å²) in [6, 6.07) is 0. The number of nitrogens with one attached hydrogen (secondary N) is 1. The summed E-state index contributed by atoms with van der Waals surface area (Å²) >= 11 is 0. The van der Waals surface area contributed by atoms with E-state index in [4.69, 9.17) is 5.73 Å². The van der Waals surface area contributed by atoms with Crippen LogP contribution in [0.25, 0.3) is 0 Å². The van der Waals surface area contributed by atoms with Gasteiger partial charge in [-0.2, -0.15) is 0 Å². The van der Waals surface area contributed by atoms with Crippen LogP contribution in [0.2, 0.25) is 0 Å². The molecule has 0 atom stereocenters. The summed E-state index contributed by atoms with van der Waals surface area (Å²) in [5.41, 5.74) is 5.03. The number of amides is 1. The SMILES string of the molecule is CN1CCC(CCNC(=O)C(C)(C)C(C)(C)N)CC1. The fourth-order valence-corrected chi connectivity index (χ4v) is 2.25. The molecular formula is C15H31N3O. The molecule has 0 aromatic carbocycles. The lowest BCUT2D eigenvalue weighted by Gasteiger charge is -2.37. The number of hydrogen-bond donors (Lipinski definition) is 2. The molecule has 1 aliphatic heterocycles. The summed E-state index contributed by atoms with van der Waals surface area (Å²) in [5.74, 6) is 0.818. The third-order valence-corrected chi connectivity index (χ3v) is 4.85. The van der Waals surface area contributed by atoms with E-state index in [9.17, 15) is 4.79 Å². The first-order chi connectivity index (χ1) is 8.64. The Morgan fingerprint density at radius 2 is 1.79 bits per heavy atom. The van der Waals surface area contributed by atoms with Gasteiger partial charge in [0.1, 0.15) is 0 Å². The zero-order valence-corrected chi connectivity index (χ0v) is 13.3. The molecule has 0 radical (unpaired) electrons. The van der Waals surface area contributed by atoms with Gasteiger partial charge in [-0.15, -0.1) is 0 Å². The largest absolute Gasteiger partial charge is 0.356 e. The van der Waals surface area contributed by atoms with Crippen molar-refractivity contribution in [3.05, 3.63) is 0 Å². The number of nitrogens with two attached hydrogens (primary N) is 1. The van der Waals surface area contributed by atoms with Crippen molar-refractivity contribution in [1.82, 2.24) is 10.2 Å². The molecule has 0 aromatic heterocycles. The Kier molecular flexibility index (Phi) is 5.39. The van der Waals surface area contributed by atoms with Gasteiger partial charge in [0, 0.05) is 12.1 Å². The molecule has 0 aromatic rings. The van der Waals surface area contributed by atoms with Crippen LogP contribution >= 0.6 is 0 Å². The first-order valence-corrected chi connectivity index (χ1v) is 7.40. The fourth-order valence-electron chi connectivity index (χ4n) is 2.25. The fraction of sp³-hybridized carbons (Fsp3) is 0.933. The van der Waals surface area contributed by atoms with Crippen LogP contribution in [0.3, 0.4) is 0 Å². The van der Waals surface area contributed by atoms with Crippen molar-refractivity contribution in [2.45, 2.75) is 52.5 Å². The maximum Gasteiger partial charge on any atom is 0.227 e. The van der Waals surface area contributed by atoms with E-state index in [1.165, 1.54) is 25.9 Å². The molecule has 1 aliphatic rings. The van der Waals surface area contributed by atoms with E-state index in [0.717, 1.165) is 18.9 Å². The van der Waals surface area contributed by atoms with Crippen LogP contribution in [-0.2, 0) is 4.79 Å². The highest BCUT2D eigenvalue weighted by Crippen LogP contribution is 2.28. The summed E-state index contributed by atoms with van der Waals surface area (Å²) in [4.78, 5) is 14.6. The summed E-state index contributed by atoms with van der Waals surface area (Å²) in [7, 11) is 2.17. The molecule has 3 N–H and O–H groups in total. The van der Waals surface area contributed by atoms with Gasteiger partial charge in [0.2, 0.25) is 5.91 Å². The van der Waals surface area contributed by atoms with E-state index < -0.39 is 11.0 Å². The third-order valence-electron chi connectivity index (χ3n) is 4.85. The Hall–Kier alpha value is -0.610. The van der Waals surface area contributed by atoms with Crippen LogP contribution in [0, 0.1) is 11.3 Å². The van der Waals surface area contributed by atoms with Gasteiger partial charge in [0.15, 0.2) is 0 Å². The van der Waals surface area contributed by atoms with Crippen LogP contribution in [0.4, 0.5) is 0 Å². The van der Waals surface area contributed by atoms with Crippen molar-refractivity contribution in [1.29, 1.82) is 0 Å². The van der Waals surface area contributed by atoms with Crippen molar-refractivity contribution < 1.29 is 4.79 Å². The quantitative estimate of drug-likeness (QED) is 0.797. The zero-order chi connectivity index (χ0) is 14.7. The van der Waals surface area contributed by atoms with Gasteiger partial charge < -0.3 is 16.0 Å². The molecule has 112 valence electrons. The number of nitrogens with zero attached hydrogens (tertiary/aromatic N) is 1. The van der Waals surface area contributed by atoms with Crippen molar-refractivity contribution in [2.75, 3.05) is 26.7 Å². The summed E-state index contributed by atoms with van der Waals surface area (Å²) in [5, 5.41) is 3.06. The van der Waals surface area contributed by atoms with E-state index in [-0.39, 0.29) is 5.91 Å². The minimum atomic E-state index is -0.542. The highest BCUT2D eigenvalue weighted by molar-refractivity contribution is 5.83. The first-order valence-electron chi connectivity index (χ1n) is 7.40. The molecule has 1 amide bonds. The molecule has 1 saturated heterocycles. The van der Waals surface area contributed by atoms with Crippen LogP contribution in [0.5, 0.6) is 0 Å². The lowest BCUT2D eigenvalue weighted by atomic mass is 9.74. The Morgan fingerprint density at radius 3 is 2.26 bits per heavy atom. The average molecular weight is 269 g/mol. The van der Waals surface area contributed by atoms with E-state index >= 15 is 0 Å². The maximum absolute atomic E-state index is 12.2. The van der Waals surface area contributed by atoms with Gasteiger partial charge in [-0.05, 0) is 73.0 Å². The molecule has 1 fully saturated rings. The molecule has 0 spiro atoms. The number of piperidine rings is 1. The van der Waals surface area contributed by atoms with E-state index in [0.29, 0.717) is 0 Å². The number of carbonyl (C=O) groups excluding carboxylic acids is 1. The standard InChI is InChI=1S/C15H31N3O/c1-14(2,15(3,4)16)13(19)17-9-6-12-7-10-18(5)11-8-12/h12H,6-11,16H2,1-5H3,(H,17,19). The molecule has 1 heterocycles. The van der Waals surface area contributed by atoms with Crippen LogP contribution < -0.4 is 11.1 Å². The number of carbonyl (C=O) groups is 1. The Labute approximate surface area is 118 Å². The zero-order valence-electron chi connectivity index (χ0n) is 13.3. The Morgan fingerprint density at radius 1 is 1.26 bits per heavy atom. The van der Waals surface area contributed by atoms with Gasteiger partial charge in [-0.3, -0.25) is 4.79 Å². The Bertz CT molecular complexity index is 299. The van der Waals surface area contributed by atoms with Gasteiger partial charge in [0.05, 0.1) is 5.41 Å². The molecule has 4 heteroatoms. The van der Waals surface area contributed by atoms with Crippen molar-refractivity contribution in [3.8, 4) is 0 Å². The van der Waals surface area contributed by atoms with E-state index in [1.807, 2.05) is 27.7 Å². The maximum atomic E-state index is 12.2. The van der Waals surface area contributed by atoms with Crippen molar-refractivity contribution in [2.24, 2.45) is 17.1 Å². The molecule has 0 unspecified atom stereocenters. The first kappa shape index (κ1) is 16.4. The number of likely N-dealkylation sites (tertiary alicyclic amines) is 1. The molecule has 0 bridgehead atoms. The van der Waals surface area contributed by atoms with Crippen LogP contribution in [0.1, 0.15) is 47.0 Å². The number of rotatable bonds is 5. The van der Waals surface area contributed by atoms with Crippen molar-refractivity contribution in [3.63, 3.8) is 0 Å². The minimum Gasteiger partial charge on any atom is -0.356 e. The predicted octanol–water partition coefficient (Wildman–Crippen LogP) is 1.60.